The highest BCUT2D eigenvalue weighted by molar-refractivity contribution is 6.07. The number of aromatic nitrogens is 3. The number of imidazole rings is 1. The summed E-state index contributed by atoms with van der Waals surface area (Å²) >= 11 is 0. The van der Waals surface area contributed by atoms with Crippen LogP contribution in [0.4, 0.5) is 0 Å². The second-order valence-electron chi connectivity index (χ2n) is 15.6. The number of phenolic OH excluding ortho intramolecular Hbond substituents is 1. The molecule has 0 spiro atoms. The van der Waals surface area contributed by atoms with Crippen LogP contribution in [0.3, 0.4) is 0 Å². The van der Waals surface area contributed by atoms with Crippen molar-refractivity contribution in [2.45, 2.75) is 26.2 Å². The normalized spacial score (nSPS) is 11.8. The highest BCUT2D eigenvalue weighted by Crippen LogP contribution is 2.44. The number of benzene rings is 7. The molecule has 3 heterocycles. The summed E-state index contributed by atoms with van der Waals surface area (Å²) in [5.74, 6) is 0.741. The number of nitrogens with zero attached hydrogens (tertiary/aromatic N) is 3. The Bertz CT molecular complexity index is 3040. The first-order valence-electron chi connectivity index (χ1n) is 19.3. The Balaban J connectivity index is 1.29. The summed E-state index contributed by atoms with van der Waals surface area (Å²) in [4.78, 5) is 10.2. The first kappa shape index (κ1) is 34.3. The lowest BCUT2D eigenvalue weighted by Gasteiger charge is -2.23. The number of hydrogen-bond donors (Lipinski definition) is 1. The van der Waals surface area contributed by atoms with Gasteiger partial charge in [0.25, 0.3) is 0 Å². The maximum atomic E-state index is 12.0. The SMILES string of the molecule is CC(C)(C)c1ccc(-n2c(-c3cc4oc5ccccc5c4cc3O)nc3c(-c4cc(-c5ccccc5)cc(-c5ccccn5)c4)cccc32)c(-c2ccccc2)c1. The summed E-state index contributed by atoms with van der Waals surface area (Å²) in [6.07, 6.45) is 1.83. The molecule has 0 amide bonds. The largest absolute Gasteiger partial charge is 0.507 e. The number of phenols is 1. The molecule has 5 nitrogen and oxygen atoms in total. The van der Waals surface area contributed by atoms with Gasteiger partial charge in [0, 0.05) is 33.7 Å². The molecule has 7 aromatic carbocycles. The van der Waals surface area contributed by atoms with E-state index in [9.17, 15) is 5.11 Å². The second-order valence-corrected chi connectivity index (χ2v) is 15.6. The average Bonchev–Trinajstić information content (AvgIpc) is 3.82. The van der Waals surface area contributed by atoms with Crippen molar-refractivity contribution in [3.05, 3.63) is 182 Å². The van der Waals surface area contributed by atoms with Gasteiger partial charge in [0.1, 0.15) is 22.7 Å². The van der Waals surface area contributed by atoms with Crippen molar-refractivity contribution in [3.63, 3.8) is 0 Å². The monoisotopic (exact) mass is 737 g/mol. The Morgan fingerprint density at radius 1 is 0.526 bits per heavy atom. The van der Waals surface area contributed by atoms with Gasteiger partial charge in [0.15, 0.2) is 0 Å². The van der Waals surface area contributed by atoms with Gasteiger partial charge >= 0.3 is 0 Å². The van der Waals surface area contributed by atoms with E-state index in [-0.39, 0.29) is 11.2 Å². The quantitative estimate of drug-likeness (QED) is 0.185. The molecule has 274 valence electrons. The lowest BCUT2D eigenvalue weighted by atomic mass is 9.85. The zero-order valence-electron chi connectivity index (χ0n) is 31.9. The molecule has 0 saturated carbocycles. The highest BCUT2D eigenvalue weighted by Gasteiger charge is 2.25. The van der Waals surface area contributed by atoms with Gasteiger partial charge in [-0.3, -0.25) is 9.55 Å². The molecule has 0 unspecified atom stereocenters. The first-order valence-corrected chi connectivity index (χ1v) is 19.3. The molecule has 0 saturated heterocycles. The van der Waals surface area contributed by atoms with E-state index in [2.05, 4.69) is 128 Å². The predicted octanol–water partition coefficient (Wildman–Crippen LogP) is 13.7. The number of para-hydroxylation sites is 2. The number of rotatable bonds is 6. The Morgan fingerprint density at radius 2 is 1.25 bits per heavy atom. The average molecular weight is 738 g/mol. The zero-order valence-corrected chi connectivity index (χ0v) is 31.9. The lowest BCUT2D eigenvalue weighted by molar-refractivity contribution is 0.477. The van der Waals surface area contributed by atoms with Gasteiger partial charge in [-0.05, 0) is 100.0 Å². The molecule has 10 rings (SSSR count). The first-order chi connectivity index (χ1) is 27.8. The standard InChI is InChI=1S/C52H39N3O2/c1-52(2,3)38-24-25-45(41(30-38)34-17-8-5-9-18-34)55-46-22-14-20-39(36-27-35(33-15-6-4-7-16-33)28-37(29-36)44-21-12-13-26-53-44)50(46)54-51(55)43-32-49-42(31-47(43)56)40-19-10-11-23-48(40)57-49/h4-32,56H,1-3H3. The van der Waals surface area contributed by atoms with E-state index in [1.165, 1.54) is 5.56 Å². The van der Waals surface area contributed by atoms with Crippen LogP contribution in [0.1, 0.15) is 26.3 Å². The van der Waals surface area contributed by atoms with Crippen molar-refractivity contribution in [2.75, 3.05) is 0 Å². The number of hydrogen-bond acceptors (Lipinski definition) is 4. The van der Waals surface area contributed by atoms with E-state index in [0.29, 0.717) is 17.0 Å². The van der Waals surface area contributed by atoms with Crippen LogP contribution in [-0.4, -0.2) is 19.6 Å². The minimum absolute atomic E-state index is 0.0747. The van der Waals surface area contributed by atoms with Crippen LogP contribution >= 0.6 is 0 Å². The number of aromatic hydroxyl groups is 1. The summed E-state index contributed by atoms with van der Waals surface area (Å²) in [7, 11) is 0. The van der Waals surface area contributed by atoms with E-state index in [4.69, 9.17) is 14.4 Å². The summed E-state index contributed by atoms with van der Waals surface area (Å²) in [6.45, 7) is 6.72. The van der Waals surface area contributed by atoms with Gasteiger partial charge in [-0.2, -0.15) is 0 Å². The third-order valence-corrected chi connectivity index (χ3v) is 10.9. The lowest BCUT2D eigenvalue weighted by Crippen LogP contribution is -2.12. The number of pyridine rings is 1. The van der Waals surface area contributed by atoms with Crippen molar-refractivity contribution in [1.82, 2.24) is 14.5 Å². The molecule has 57 heavy (non-hydrogen) atoms. The van der Waals surface area contributed by atoms with Crippen molar-refractivity contribution in [2.24, 2.45) is 0 Å². The number of fused-ring (bicyclic) bond motifs is 4. The molecule has 0 aliphatic rings. The van der Waals surface area contributed by atoms with Crippen LogP contribution in [0.15, 0.2) is 180 Å². The molecule has 3 aromatic heterocycles. The van der Waals surface area contributed by atoms with Crippen LogP contribution in [0.25, 0.3) is 94.7 Å². The molecule has 0 aliphatic heterocycles. The Kier molecular flexibility index (Phi) is 8.12. The Morgan fingerprint density at radius 3 is 2.02 bits per heavy atom. The molecular formula is C52H39N3O2. The van der Waals surface area contributed by atoms with Crippen molar-refractivity contribution >= 4 is 33.0 Å². The van der Waals surface area contributed by atoms with Gasteiger partial charge in [0.2, 0.25) is 0 Å². The van der Waals surface area contributed by atoms with Gasteiger partial charge in [0.05, 0.1) is 28.0 Å². The van der Waals surface area contributed by atoms with E-state index < -0.39 is 0 Å². The fourth-order valence-electron chi connectivity index (χ4n) is 8.00. The molecule has 0 aliphatic carbocycles. The molecular weight excluding hydrogens is 699 g/mol. The molecule has 0 atom stereocenters. The summed E-state index contributed by atoms with van der Waals surface area (Å²) < 4.78 is 8.59. The molecule has 0 bridgehead atoms. The Hall–Kier alpha value is -7.24. The third-order valence-electron chi connectivity index (χ3n) is 10.9. The fraction of sp³-hybridized carbons (Fsp3) is 0.0769. The van der Waals surface area contributed by atoms with Crippen LogP contribution < -0.4 is 0 Å². The fourth-order valence-corrected chi connectivity index (χ4v) is 8.00. The van der Waals surface area contributed by atoms with Gasteiger partial charge < -0.3 is 9.52 Å². The van der Waals surface area contributed by atoms with E-state index >= 15 is 0 Å². The predicted molar refractivity (Wildman–Crippen MR) is 234 cm³/mol. The van der Waals surface area contributed by atoms with Gasteiger partial charge in [-0.1, -0.05) is 124 Å². The second kappa shape index (κ2) is 13.5. The molecule has 0 fully saturated rings. The van der Waals surface area contributed by atoms with Crippen LogP contribution in [-0.2, 0) is 5.41 Å². The summed E-state index contributed by atoms with van der Waals surface area (Å²) in [6, 6.07) is 58.4. The van der Waals surface area contributed by atoms with Gasteiger partial charge in [-0.25, -0.2) is 4.98 Å². The number of furan rings is 1. The molecule has 0 radical (unpaired) electrons. The van der Waals surface area contributed by atoms with Crippen LogP contribution in [0, 0.1) is 0 Å². The van der Waals surface area contributed by atoms with Gasteiger partial charge in [-0.15, -0.1) is 0 Å². The minimum Gasteiger partial charge on any atom is -0.507 e. The maximum Gasteiger partial charge on any atom is 0.149 e. The Labute approximate surface area is 331 Å². The molecule has 5 heteroatoms. The van der Waals surface area contributed by atoms with Crippen molar-refractivity contribution < 1.29 is 9.52 Å². The molecule has 10 aromatic rings. The minimum atomic E-state index is -0.0747. The van der Waals surface area contributed by atoms with E-state index in [1.807, 2.05) is 72.9 Å². The topological polar surface area (TPSA) is 64.1 Å². The van der Waals surface area contributed by atoms with E-state index in [1.54, 1.807) is 0 Å². The van der Waals surface area contributed by atoms with Crippen molar-refractivity contribution in [3.8, 4) is 67.5 Å². The maximum absolute atomic E-state index is 12.0. The third kappa shape index (κ3) is 6.05. The van der Waals surface area contributed by atoms with Crippen LogP contribution in [0.5, 0.6) is 5.75 Å². The zero-order chi connectivity index (χ0) is 38.7. The molecule has 1 N–H and O–H groups in total. The smallest absolute Gasteiger partial charge is 0.149 e. The summed E-state index contributed by atoms with van der Waals surface area (Å²) in [5.41, 5.74) is 14.1. The summed E-state index contributed by atoms with van der Waals surface area (Å²) in [5, 5.41) is 13.8. The van der Waals surface area contributed by atoms with Crippen LogP contribution in [0.2, 0.25) is 0 Å². The highest BCUT2D eigenvalue weighted by atomic mass is 16.3. The van der Waals surface area contributed by atoms with Crippen molar-refractivity contribution in [1.29, 1.82) is 0 Å². The van der Waals surface area contributed by atoms with E-state index in [0.717, 1.165) is 77.7 Å².